The number of carbonyl (C=O) groups excluding carboxylic acids is 2. The van der Waals surface area contributed by atoms with Gasteiger partial charge in [-0.05, 0) is 48.6 Å². The molecule has 1 saturated carbocycles. The topological polar surface area (TPSA) is 81.0 Å². The van der Waals surface area contributed by atoms with Gasteiger partial charge in [-0.2, -0.15) is 0 Å². The van der Waals surface area contributed by atoms with Crippen molar-refractivity contribution in [1.29, 1.82) is 0 Å². The number of hydrogen-bond donors (Lipinski definition) is 1. The molecular weight excluding hydrogens is 440 g/mol. The molecule has 2 amide bonds. The molecule has 3 heterocycles. The molecule has 8 heteroatoms. The van der Waals surface area contributed by atoms with Crippen LogP contribution in [0.1, 0.15) is 53.6 Å². The minimum atomic E-state index is -0.841. The smallest absolute Gasteiger partial charge is 0.295 e. The SMILES string of the molecule is O=C(NC1CCCCC1)C(c1cccs1)N(C(=O)c1ccco1)c1ccc2c(c1)OCCO2. The third-order valence-electron chi connectivity index (χ3n) is 6.03. The van der Waals surface area contributed by atoms with Crippen molar-refractivity contribution in [2.24, 2.45) is 0 Å². The molecule has 3 aromatic rings. The van der Waals surface area contributed by atoms with Crippen molar-refractivity contribution >= 4 is 28.8 Å². The molecule has 1 aliphatic heterocycles. The van der Waals surface area contributed by atoms with Gasteiger partial charge in [-0.15, -0.1) is 11.3 Å². The normalized spacial score (nSPS) is 16.7. The second-order valence-electron chi connectivity index (χ2n) is 8.24. The molecule has 1 aliphatic carbocycles. The molecule has 1 fully saturated rings. The summed E-state index contributed by atoms with van der Waals surface area (Å²) in [6.45, 7) is 0.905. The molecule has 2 aliphatic rings. The zero-order valence-electron chi connectivity index (χ0n) is 18.2. The Labute approximate surface area is 196 Å². The maximum atomic E-state index is 13.7. The first-order valence-electron chi connectivity index (χ1n) is 11.3. The predicted octanol–water partition coefficient (Wildman–Crippen LogP) is 4.95. The number of rotatable bonds is 6. The molecule has 1 atom stereocenters. The fourth-order valence-corrected chi connectivity index (χ4v) is 5.24. The first kappa shape index (κ1) is 21.6. The Morgan fingerprint density at radius 2 is 1.82 bits per heavy atom. The van der Waals surface area contributed by atoms with Crippen LogP contribution in [0.2, 0.25) is 0 Å². The molecule has 33 heavy (non-hydrogen) atoms. The Kier molecular flexibility index (Phi) is 6.35. The largest absolute Gasteiger partial charge is 0.486 e. The van der Waals surface area contributed by atoms with Gasteiger partial charge in [0, 0.05) is 22.7 Å². The summed E-state index contributed by atoms with van der Waals surface area (Å²) in [6, 6.07) is 11.6. The van der Waals surface area contributed by atoms with Gasteiger partial charge in [0.25, 0.3) is 5.91 Å². The number of furan rings is 1. The summed E-state index contributed by atoms with van der Waals surface area (Å²) in [7, 11) is 0. The van der Waals surface area contributed by atoms with Crippen LogP contribution >= 0.6 is 11.3 Å². The molecule has 0 saturated heterocycles. The highest BCUT2D eigenvalue weighted by molar-refractivity contribution is 7.10. The minimum absolute atomic E-state index is 0.120. The number of benzene rings is 1. The number of carbonyl (C=O) groups is 2. The van der Waals surface area contributed by atoms with Gasteiger partial charge < -0.3 is 19.2 Å². The van der Waals surface area contributed by atoms with E-state index in [4.69, 9.17) is 13.9 Å². The van der Waals surface area contributed by atoms with Gasteiger partial charge in [-0.1, -0.05) is 25.3 Å². The molecule has 7 nitrogen and oxygen atoms in total. The monoisotopic (exact) mass is 466 g/mol. The molecule has 2 aromatic heterocycles. The molecule has 0 bridgehead atoms. The van der Waals surface area contributed by atoms with Gasteiger partial charge in [0.2, 0.25) is 5.91 Å². The van der Waals surface area contributed by atoms with Gasteiger partial charge >= 0.3 is 0 Å². The number of hydrogen-bond acceptors (Lipinski definition) is 6. The second kappa shape index (κ2) is 9.70. The van der Waals surface area contributed by atoms with Crippen LogP contribution in [0.5, 0.6) is 11.5 Å². The lowest BCUT2D eigenvalue weighted by atomic mass is 9.95. The fourth-order valence-electron chi connectivity index (χ4n) is 4.43. The maximum absolute atomic E-state index is 13.7. The van der Waals surface area contributed by atoms with Crippen molar-refractivity contribution in [3.05, 3.63) is 64.7 Å². The summed E-state index contributed by atoms with van der Waals surface area (Å²) in [5, 5.41) is 5.12. The van der Waals surface area contributed by atoms with Crippen molar-refractivity contribution < 1.29 is 23.5 Å². The van der Waals surface area contributed by atoms with Crippen molar-refractivity contribution in [3.63, 3.8) is 0 Å². The van der Waals surface area contributed by atoms with E-state index in [9.17, 15) is 9.59 Å². The summed E-state index contributed by atoms with van der Waals surface area (Å²) in [4.78, 5) is 29.7. The van der Waals surface area contributed by atoms with Crippen LogP contribution in [0.25, 0.3) is 0 Å². The maximum Gasteiger partial charge on any atom is 0.295 e. The number of anilines is 1. The van der Waals surface area contributed by atoms with Crippen molar-refractivity contribution in [3.8, 4) is 11.5 Å². The van der Waals surface area contributed by atoms with E-state index in [2.05, 4.69) is 5.32 Å². The molecule has 0 spiro atoms. The third-order valence-corrected chi connectivity index (χ3v) is 6.95. The van der Waals surface area contributed by atoms with Gasteiger partial charge in [0.15, 0.2) is 23.3 Å². The van der Waals surface area contributed by atoms with E-state index in [1.54, 1.807) is 30.3 Å². The van der Waals surface area contributed by atoms with Crippen LogP contribution in [0.15, 0.2) is 58.5 Å². The second-order valence-corrected chi connectivity index (χ2v) is 9.22. The minimum Gasteiger partial charge on any atom is -0.486 e. The summed E-state index contributed by atoms with van der Waals surface area (Å²) in [5.41, 5.74) is 0.540. The predicted molar refractivity (Wildman–Crippen MR) is 125 cm³/mol. The average molecular weight is 467 g/mol. The van der Waals surface area contributed by atoms with E-state index in [1.165, 1.54) is 28.9 Å². The van der Waals surface area contributed by atoms with Crippen molar-refractivity contribution in [2.75, 3.05) is 18.1 Å². The first-order chi connectivity index (χ1) is 16.2. The number of amides is 2. The standard InChI is InChI=1S/C25H26N2O5S/c28-24(26-17-6-2-1-3-7-17)23(22-9-5-15-33-22)27(25(29)20-8-4-12-30-20)18-10-11-19-21(16-18)32-14-13-31-19/h4-5,8-12,15-17,23H,1-3,6-7,13-14H2,(H,26,28). The summed E-state index contributed by atoms with van der Waals surface area (Å²) in [5.74, 6) is 0.744. The molecule has 172 valence electrons. The van der Waals surface area contributed by atoms with Crippen molar-refractivity contribution in [2.45, 2.75) is 44.2 Å². The van der Waals surface area contributed by atoms with Crippen LogP contribution in [0.3, 0.4) is 0 Å². The van der Waals surface area contributed by atoms with E-state index >= 15 is 0 Å². The van der Waals surface area contributed by atoms with Gasteiger partial charge in [-0.25, -0.2) is 0 Å². The summed E-state index contributed by atoms with van der Waals surface area (Å²) >= 11 is 1.45. The molecule has 0 radical (unpaired) electrons. The summed E-state index contributed by atoms with van der Waals surface area (Å²) in [6.07, 6.45) is 6.77. The lowest BCUT2D eigenvalue weighted by Gasteiger charge is -2.32. The van der Waals surface area contributed by atoms with Crippen LogP contribution in [-0.2, 0) is 4.79 Å². The number of fused-ring (bicyclic) bond motifs is 1. The van der Waals surface area contributed by atoms with E-state index in [1.807, 2.05) is 17.5 Å². The van der Waals surface area contributed by atoms with E-state index < -0.39 is 11.9 Å². The van der Waals surface area contributed by atoms with E-state index in [-0.39, 0.29) is 17.7 Å². The van der Waals surface area contributed by atoms with E-state index in [0.717, 1.165) is 30.6 Å². The van der Waals surface area contributed by atoms with Crippen LogP contribution in [0, 0.1) is 0 Å². The molecule has 1 unspecified atom stereocenters. The van der Waals surface area contributed by atoms with Crippen LogP contribution in [-0.4, -0.2) is 31.1 Å². The molecular formula is C25H26N2O5S. The Hall–Kier alpha value is -3.26. The Bertz CT molecular complexity index is 1090. The number of nitrogens with zero attached hydrogens (tertiary/aromatic N) is 1. The van der Waals surface area contributed by atoms with Crippen molar-refractivity contribution in [1.82, 2.24) is 5.32 Å². The average Bonchev–Trinajstić information content (AvgIpc) is 3.57. The molecule has 1 N–H and O–H groups in total. The fraction of sp³-hybridized carbons (Fsp3) is 0.360. The van der Waals surface area contributed by atoms with Gasteiger partial charge in [-0.3, -0.25) is 14.5 Å². The van der Waals surface area contributed by atoms with Crippen LogP contribution < -0.4 is 19.7 Å². The number of thiophene rings is 1. The number of nitrogens with one attached hydrogen (secondary N) is 1. The number of ether oxygens (including phenoxy) is 2. The first-order valence-corrected chi connectivity index (χ1v) is 12.2. The highest BCUT2D eigenvalue weighted by Crippen LogP contribution is 2.38. The lowest BCUT2D eigenvalue weighted by Crippen LogP contribution is -2.47. The highest BCUT2D eigenvalue weighted by atomic mass is 32.1. The zero-order chi connectivity index (χ0) is 22.6. The quantitative estimate of drug-likeness (QED) is 0.556. The van der Waals surface area contributed by atoms with E-state index in [0.29, 0.717) is 30.4 Å². The van der Waals surface area contributed by atoms with Crippen LogP contribution in [0.4, 0.5) is 5.69 Å². The lowest BCUT2D eigenvalue weighted by molar-refractivity contribution is -0.123. The van der Waals surface area contributed by atoms with Gasteiger partial charge in [0.1, 0.15) is 13.2 Å². The Morgan fingerprint density at radius 1 is 1.00 bits per heavy atom. The third kappa shape index (κ3) is 4.61. The highest BCUT2D eigenvalue weighted by Gasteiger charge is 2.36. The Balaban J connectivity index is 1.56. The van der Waals surface area contributed by atoms with Gasteiger partial charge in [0.05, 0.1) is 6.26 Å². The Morgan fingerprint density at radius 3 is 2.55 bits per heavy atom. The molecule has 5 rings (SSSR count). The summed E-state index contributed by atoms with van der Waals surface area (Å²) < 4.78 is 16.8. The zero-order valence-corrected chi connectivity index (χ0v) is 19.0. The molecule has 1 aromatic carbocycles.